The van der Waals surface area contributed by atoms with Crippen LogP contribution in [0.5, 0.6) is 0 Å². The molecule has 1 N–H and O–H groups in total. The smallest absolute Gasteiger partial charge is 0.326 e. The largest absolute Gasteiger partial charge is 0.454 e. The molecule has 3 aliphatic rings. The van der Waals surface area contributed by atoms with Crippen LogP contribution in [0.2, 0.25) is 0 Å². The van der Waals surface area contributed by atoms with E-state index < -0.39 is 48.7 Å². The maximum absolute atomic E-state index is 12.7. The van der Waals surface area contributed by atoms with Crippen molar-refractivity contribution < 1.29 is 28.4 Å². The molecule has 2 saturated carbocycles. The van der Waals surface area contributed by atoms with Gasteiger partial charge in [-0.2, -0.15) is 0 Å². The third kappa shape index (κ3) is 3.06. The Bertz CT molecular complexity index is 826. The first-order chi connectivity index (χ1) is 13.3. The van der Waals surface area contributed by atoms with Crippen molar-refractivity contribution in [2.24, 2.45) is 23.7 Å². The van der Waals surface area contributed by atoms with Gasteiger partial charge in [-0.1, -0.05) is 5.16 Å². The number of aryl methyl sites for hydroxylation is 1. The zero-order chi connectivity index (χ0) is 20.2. The summed E-state index contributed by atoms with van der Waals surface area (Å²) < 4.78 is 9.67. The number of halogens is 2. The van der Waals surface area contributed by atoms with Crippen LogP contribution in [0.25, 0.3) is 0 Å². The minimum Gasteiger partial charge on any atom is -0.454 e. The summed E-state index contributed by atoms with van der Waals surface area (Å²) in [4.78, 5) is 50.0. The van der Waals surface area contributed by atoms with Crippen molar-refractivity contribution in [1.29, 1.82) is 0 Å². The van der Waals surface area contributed by atoms with Crippen molar-refractivity contribution in [3.8, 4) is 0 Å². The van der Waals surface area contributed by atoms with Crippen LogP contribution in [0.15, 0.2) is 10.6 Å². The van der Waals surface area contributed by atoms with E-state index in [4.69, 9.17) is 32.5 Å². The zero-order valence-electron chi connectivity index (χ0n) is 14.8. The van der Waals surface area contributed by atoms with Gasteiger partial charge >= 0.3 is 5.97 Å². The topological polar surface area (TPSA) is 119 Å². The number of carbonyl (C=O) groups is 4. The number of amides is 3. The number of nitrogens with zero attached hydrogens (tertiary/aromatic N) is 2. The average Bonchev–Trinajstić information content (AvgIpc) is 3.36. The Morgan fingerprint density at radius 2 is 1.86 bits per heavy atom. The van der Waals surface area contributed by atoms with E-state index in [1.165, 1.54) is 6.07 Å². The molecule has 9 nitrogen and oxygen atoms in total. The van der Waals surface area contributed by atoms with Gasteiger partial charge in [0.15, 0.2) is 12.4 Å². The molecule has 2 bridgehead atoms. The van der Waals surface area contributed by atoms with Crippen LogP contribution in [-0.2, 0) is 23.9 Å². The Hall–Kier alpha value is -2.13. The van der Waals surface area contributed by atoms with Crippen molar-refractivity contribution in [3.05, 3.63) is 11.8 Å². The standard InChI is InChI=1S/C17H17Cl2N3O6/c1-6-2-9(21-28-6)20-10(23)5-27-11(24)4-22-16(25)12-7-3-8(13(12)17(22)26)15(19)14(7)18/h2,7-8,12-15H,3-5H2,1H3,(H,20,21,23)/t7-,8-,12-,13-,14-,15+/m1/s1. The number of aromatic nitrogens is 1. The minimum absolute atomic E-state index is 0.159. The molecule has 28 heavy (non-hydrogen) atoms. The van der Waals surface area contributed by atoms with Crippen LogP contribution in [0.4, 0.5) is 5.82 Å². The highest BCUT2D eigenvalue weighted by Crippen LogP contribution is 2.59. The second kappa shape index (κ2) is 7.04. The van der Waals surface area contributed by atoms with E-state index in [9.17, 15) is 19.2 Å². The van der Waals surface area contributed by atoms with Crippen molar-refractivity contribution in [3.63, 3.8) is 0 Å². The monoisotopic (exact) mass is 429 g/mol. The Morgan fingerprint density at radius 1 is 1.25 bits per heavy atom. The molecular formula is C17H17Cl2N3O6. The number of rotatable bonds is 5. The number of imide groups is 1. The molecule has 150 valence electrons. The van der Waals surface area contributed by atoms with Crippen LogP contribution in [0.3, 0.4) is 0 Å². The molecule has 0 radical (unpaired) electrons. The second-order valence-corrected chi connectivity index (χ2v) is 8.31. The van der Waals surface area contributed by atoms with Gasteiger partial charge in [0.25, 0.3) is 5.91 Å². The summed E-state index contributed by atoms with van der Waals surface area (Å²) in [5.74, 6) is -2.98. The van der Waals surface area contributed by atoms with Gasteiger partial charge in [0.1, 0.15) is 12.3 Å². The Balaban J connectivity index is 1.32. The van der Waals surface area contributed by atoms with Gasteiger partial charge in [-0.25, -0.2) is 0 Å². The fourth-order valence-corrected chi connectivity index (χ4v) is 5.38. The summed E-state index contributed by atoms with van der Waals surface area (Å²) in [5.41, 5.74) is 0. The Labute approximate surface area is 169 Å². The number of nitrogens with one attached hydrogen (secondary N) is 1. The van der Waals surface area contributed by atoms with Crippen molar-refractivity contribution in [2.45, 2.75) is 24.1 Å². The summed E-state index contributed by atoms with van der Waals surface area (Å²) in [6.45, 7) is 0.542. The van der Waals surface area contributed by atoms with E-state index in [-0.39, 0.29) is 28.4 Å². The van der Waals surface area contributed by atoms with Gasteiger partial charge in [-0.3, -0.25) is 24.1 Å². The fourth-order valence-electron chi connectivity index (χ4n) is 4.49. The highest BCUT2D eigenvalue weighted by molar-refractivity contribution is 6.31. The maximum atomic E-state index is 12.7. The second-order valence-electron chi connectivity index (χ2n) is 7.30. The number of fused-ring (bicyclic) bond motifs is 5. The Morgan fingerprint density at radius 3 is 2.39 bits per heavy atom. The van der Waals surface area contributed by atoms with Crippen LogP contribution in [-0.4, -0.2) is 57.7 Å². The molecule has 1 saturated heterocycles. The molecule has 1 aromatic heterocycles. The van der Waals surface area contributed by atoms with E-state index in [0.717, 1.165) is 4.90 Å². The van der Waals surface area contributed by atoms with E-state index in [1.807, 2.05) is 0 Å². The summed E-state index contributed by atoms with van der Waals surface area (Å²) in [6.07, 6.45) is 0.648. The average molecular weight is 430 g/mol. The molecular weight excluding hydrogens is 413 g/mol. The molecule has 3 amide bonds. The van der Waals surface area contributed by atoms with Crippen LogP contribution >= 0.6 is 23.2 Å². The first-order valence-corrected chi connectivity index (χ1v) is 9.67. The van der Waals surface area contributed by atoms with E-state index >= 15 is 0 Å². The lowest BCUT2D eigenvalue weighted by atomic mass is 9.80. The lowest BCUT2D eigenvalue weighted by Crippen LogP contribution is -2.38. The number of anilines is 1. The fraction of sp³-hybridized carbons (Fsp3) is 0.588. The van der Waals surface area contributed by atoms with Gasteiger partial charge in [-0.05, 0) is 25.2 Å². The molecule has 11 heteroatoms. The molecule has 4 rings (SSSR count). The number of hydrogen-bond acceptors (Lipinski definition) is 7. The van der Waals surface area contributed by atoms with E-state index in [0.29, 0.717) is 12.2 Å². The molecule has 6 atom stereocenters. The first-order valence-electron chi connectivity index (χ1n) is 8.80. The highest BCUT2D eigenvalue weighted by atomic mass is 35.5. The SMILES string of the molecule is Cc1cc(NC(=O)COC(=O)CN2C(=O)[C@@H]3[C@H]4C[C@@H]([C@@H](Cl)[C@H]4Cl)[C@H]3C2=O)no1. The van der Waals surface area contributed by atoms with Crippen molar-refractivity contribution in [1.82, 2.24) is 10.1 Å². The molecule has 1 aromatic rings. The van der Waals surface area contributed by atoms with E-state index in [2.05, 4.69) is 10.5 Å². The predicted molar refractivity (Wildman–Crippen MR) is 95.4 cm³/mol. The van der Waals surface area contributed by atoms with E-state index in [1.54, 1.807) is 6.92 Å². The quantitative estimate of drug-likeness (QED) is 0.419. The summed E-state index contributed by atoms with van der Waals surface area (Å²) >= 11 is 12.6. The lowest BCUT2D eigenvalue weighted by Gasteiger charge is -2.28. The summed E-state index contributed by atoms with van der Waals surface area (Å²) in [7, 11) is 0. The van der Waals surface area contributed by atoms with Gasteiger partial charge in [-0.15, -0.1) is 23.2 Å². The molecule has 0 aromatic carbocycles. The number of likely N-dealkylation sites (tertiary alicyclic amines) is 1. The molecule has 3 fully saturated rings. The molecule has 1 aliphatic heterocycles. The summed E-state index contributed by atoms with van der Waals surface area (Å²) in [5, 5.41) is 5.26. The summed E-state index contributed by atoms with van der Waals surface area (Å²) in [6, 6.07) is 1.50. The number of ether oxygens (including phenoxy) is 1. The van der Waals surface area contributed by atoms with Gasteiger partial charge in [0.2, 0.25) is 11.8 Å². The normalized spacial score (nSPS) is 33.3. The molecule has 0 unspecified atom stereocenters. The van der Waals surface area contributed by atoms with Crippen LogP contribution in [0, 0.1) is 30.6 Å². The maximum Gasteiger partial charge on any atom is 0.326 e. The van der Waals surface area contributed by atoms with Gasteiger partial charge in [0.05, 0.1) is 22.6 Å². The molecule has 2 aliphatic carbocycles. The number of carbonyl (C=O) groups excluding carboxylic acids is 4. The predicted octanol–water partition coefficient (Wildman–Crippen LogP) is 0.930. The third-order valence-electron chi connectivity index (χ3n) is 5.63. The number of esters is 1. The third-order valence-corrected chi connectivity index (χ3v) is 6.94. The van der Waals surface area contributed by atoms with Crippen molar-refractivity contribution >= 4 is 52.7 Å². The van der Waals surface area contributed by atoms with Crippen molar-refractivity contribution in [2.75, 3.05) is 18.5 Å². The highest BCUT2D eigenvalue weighted by Gasteiger charge is 2.66. The lowest BCUT2D eigenvalue weighted by molar-refractivity contribution is -0.154. The van der Waals surface area contributed by atoms with Crippen LogP contribution in [0.1, 0.15) is 12.2 Å². The number of hydrogen-bond donors (Lipinski definition) is 1. The Kier molecular flexibility index (Phi) is 4.83. The molecule has 2 heterocycles. The van der Waals surface area contributed by atoms with Gasteiger partial charge < -0.3 is 14.6 Å². The van der Waals surface area contributed by atoms with Gasteiger partial charge in [0, 0.05) is 6.07 Å². The first kappa shape index (κ1) is 19.2. The number of alkyl halides is 2. The zero-order valence-corrected chi connectivity index (χ0v) is 16.3. The van der Waals surface area contributed by atoms with Crippen LogP contribution < -0.4 is 5.32 Å². The minimum atomic E-state index is -0.856. The molecule has 0 spiro atoms.